The van der Waals surface area contributed by atoms with Crippen molar-refractivity contribution >= 4 is 32.8 Å². The van der Waals surface area contributed by atoms with E-state index in [0.717, 1.165) is 6.07 Å². The molecular formula is C20H19N5O5S. The minimum Gasteiger partial charge on any atom is -0.497 e. The molecule has 11 heteroatoms. The molecule has 0 spiro atoms. The minimum absolute atomic E-state index is 0.0712. The zero-order valence-electron chi connectivity index (χ0n) is 16.6. The van der Waals surface area contributed by atoms with Crippen LogP contribution in [-0.2, 0) is 10.0 Å². The van der Waals surface area contributed by atoms with E-state index in [1.807, 2.05) is 0 Å². The maximum atomic E-state index is 13.0. The number of hydrazone groups is 1. The average molecular weight is 441 g/mol. The Bertz CT molecular complexity index is 1210. The number of benzene rings is 2. The fourth-order valence-electron chi connectivity index (χ4n) is 2.59. The molecule has 3 rings (SSSR count). The molecule has 0 radical (unpaired) electrons. The van der Waals surface area contributed by atoms with Crippen molar-refractivity contribution in [2.24, 2.45) is 5.10 Å². The second kappa shape index (κ2) is 9.22. The summed E-state index contributed by atoms with van der Waals surface area (Å²) in [4.78, 5) is 14.4. The van der Waals surface area contributed by atoms with Gasteiger partial charge in [-0.25, -0.2) is 8.42 Å². The normalized spacial score (nSPS) is 11.6. The Hall–Kier alpha value is -3.99. The summed E-state index contributed by atoms with van der Waals surface area (Å²) in [6.07, 6.45) is 1.61. The molecule has 0 amide bonds. The van der Waals surface area contributed by atoms with Crippen molar-refractivity contribution in [2.45, 2.75) is 11.8 Å². The predicted molar refractivity (Wildman–Crippen MR) is 117 cm³/mol. The highest BCUT2D eigenvalue weighted by Crippen LogP contribution is 2.29. The Morgan fingerprint density at radius 3 is 2.48 bits per heavy atom. The van der Waals surface area contributed by atoms with Gasteiger partial charge >= 0.3 is 0 Å². The Labute approximate surface area is 178 Å². The quantitative estimate of drug-likeness (QED) is 0.309. The van der Waals surface area contributed by atoms with E-state index in [-0.39, 0.29) is 22.0 Å². The van der Waals surface area contributed by atoms with Gasteiger partial charge in [0.2, 0.25) is 0 Å². The first-order chi connectivity index (χ1) is 14.8. The number of non-ortho nitro benzene ring substituents is 1. The third-order valence-corrected chi connectivity index (χ3v) is 5.61. The highest BCUT2D eigenvalue weighted by molar-refractivity contribution is 7.92. The topological polar surface area (TPSA) is 136 Å². The number of ether oxygens (including phenoxy) is 1. The molecule has 0 bridgehead atoms. The summed E-state index contributed by atoms with van der Waals surface area (Å²) in [5, 5.41) is 15.4. The number of nitro benzene ring substituents is 1. The van der Waals surface area contributed by atoms with Gasteiger partial charge in [-0.15, -0.1) is 0 Å². The number of nitro groups is 1. The molecule has 10 nitrogen and oxygen atoms in total. The molecule has 2 N–H and O–H groups in total. The molecule has 3 aromatic rings. The molecule has 0 saturated carbocycles. The minimum atomic E-state index is -4.17. The van der Waals surface area contributed by atoms with Gasteiger partial charge in [-0.05, 0) is 49.4 Å². The van der Waals surface area contributed by atoms with Gasteiger partial charge in [-0.2, -0.15) is 5.10 Å². The van der Waals surface area contributed by atoms with E-state index in [9.17, 15) is 18.5 Å². The Morgan fingerprint density at radius 2 is 1.87 bits per heavy atom. The van der Waals surface area contributed by atoms with Gasteiger partial charge in [-0.1, -0.05) is 6.07 Å². The monoisotopic (exact) mass is 441 g/mol. The smallest absolute Gasteiger partial charge is 0.270 e. The van der Waals surface area contributed by atoms with Crippen molar-refractivity contribution in [3.05, 3.63) is 82.7 Å². The van der Waals surface area contributed by atoms with Gasteiger partial charge in [-0.3, -0.25) is 25.2 Å². The van der Waals surface area contributed by atoms with E-state index < -0.39 is 14.9 Å². The van der Waals surface area contributed by atoms with Crippen LogP contribution >= 0.6 is 0 Å². The summed E-state index contributed by atoms with van der Waals surface area (Å²) in [7, 11) is -2.68. The third kappa shape index (κ3) is 5.34. The van der Waals surface area contributed by atoms with Gasteiger partial charge in [0, 0.05) is 24.0 Å². The SMILES string of the molecule is COc1ccc(NS(=O)(=O)c2cc([N+](=O)[O-])ccc2N/N=C(/C)c2ccccn2)cc1. The number of hydrogen-bond donors (Lipinski definition) is 2. The molecule has 0 saturated heterocycles. The Balaban J connectivity index is 1.96. The lowest BCUT2D eigenvalue weighted by Crippen LogP contribution is -2.15. The molecule has 0 aliphatic rings. The van der Waals surface area contributed by atoms with Crippen LogP contribution in [0.3, 0.4) is 0 Å². The molecular weight excluding hydrogens is 422 g/mol. The maximum Gasteiger partial charge on any atom is 0.270 e. The molecule has 31 heavy (non-hydrogen) atoms. The van der Waals surface area contributed by atoms with Crippen molar-refractivity contribution < 1.29 is 18.1 Å². The van der Waals surface area contributed by atoms with Gasteiger partial charge < -0.3 is 4.74 Å². The van der Waals surface area contributed by atoms with Crippen molar-refractivity contribution in [3.8, 4) is 5.75 Å². The molecule has 2 aromatic carbocycles. The van der Waals surface area contributed by atoms with Gasteiger partial charge in [0.1, 0.15) is 10.6 Å². The summed E-state index contributed by atoms with van der Waals surface area (Å²) in [6.45, 7) is 1.70. The third-order valence-electron chi connectivity index (χ3n) is 4.19. The lowest BCUT2D eigenvalue weighted by atomic mass is 10.2. The number of rotatable bonds is 8. The average Bonchev–Trinajstić information content (AvgIpc) is 2.78. The number of aromatic nitrogens is 1. The first-order valence-electron chi connectivity index (χ1n) is 8.97. The molecule has 0 aliphatic carbocycles. The first-order valence-corrected chi connectivity index (χ1v) is 10.5. The highest BCUT2D eigenvalue weighted by atomic mass is 32.2. The van der Waals surface area contributed by atoms with Crippen LogP contribution in [0.4, 0.5) is 17.1 Å². The second-order valence-corrected chi connectivity index (χ2v) is 7.95. The van der Waals surface area contributed by atoms with Crippen molar-refractivity contribution in [1.82, 2.24) is 4.98 Å². The number of anilines is 2. The number of hydrogen-bond acceptors (Lipinski definition) is 8. The Kier molecular flexibility index (Phi) is 6.46. The summed E-state index contributed by atoms with van der Waals surface area (Å²) in [6, 6.07) is 15.0. The van der Waals surface area contributed by atoms with E-state index in [1.165, 1.54) is 31.4 Å². The van der Waals surface area contributed by atoms with E-state index in [0.29, 0.717) is 17.2 Å². The van der Waals surface area contributed by atoms with Crippen LogP contribution in [0.25, 0.3) is 0 Å². The highest BCUT2D eigenvalue weighted by Gasteiger charge is 2.23. The zero-order valence-corrected chi connectivity index (χ0v) is 17.5. The maximum absolute atomic E-state index is 13.0. The van der Waals surface area contributed by atoms with Crippen LogP contribution in [-0.4, -0.2) is 31.1 Å². The predicted octanol–water partition coefficient (Wildman–Crippen LogP) is 3.64. The molecule has 0 aliphatic heterocycles. The van der Waals surface area contributed by atoms with Crippen molar-refractivity contribution in [3.63, 3.8) is 0 Å². The van der Waals surface area contributed by atoms with Crippen LogP contribution in [0.2, 0.25) is 0 Å². The first kappa shape index (κ1) is 21.7. The zero-order chi connectivity index (χ0) is 22.4. The molecule has 0 unspecified atom stereocenters. The van der Waals surface area contributed by atoms with E-state index in [2.05, 4.69) is 20.2 Å². The van der Waals surface area contributed by atoms with Crippen molar-refractivity contribution in [1.29, 1.82) is 0 Å². The van der Waals surface area contributed by atoms with Crippen LogP contribution in [0.15, 0.2) is 76.9 Å². The van der Waals surface area contributed by atoms with Crippen molar-refractivity contribution in [2.75, 3.05) is 17.3 Å². The summed E-state index contributed by atoms with van der Waals surface area (Å²) < 4.78 is 33.5. The molecule has 160 valence electrons. The summed E-state index contributed by atoms with van der Waals surface area (Å²) >= 11 is 0. The van der Waals surface area contributed by atoms with Crippen LogP contribution in [0.5, 0.6) is 5.75 Å². The van der Waals surface area contributed by atoms with Crippen LogP contribution < -0.4 is 14.9 Å². The van der Waals surface area contributed by atoms with Gasteiger partial charge in [0.25, 0.3) is 15.7 Å². The van der Waals surface area contributed by atoms with Crippen LogP contribution in [0, 0.1) is 10.1 Å². The number of sulfonamides is 1. The van der Waals surface area contributed by atoms with E-state index in [1.54, 1.807) is 43.5 Å². The standard InChI is InChI=1S/C20H19N5O5S/c1-14(18-5-3-4-12-21-18)22-23-19-11-8-16(25(26)27)13-20(19)31(28,29)24-15-6-9-17(30-2)10-7-15/h3-13,23-24H,1-2H3/b22-14-. The lowest BCUT2D eigenvalue weighted by Gasteiger charge is -2.13. The Morgan fingerprint density at radius 1 is 1.13 bits per heavy atom. The number of pyridine rings is 1. The van der Waals surface area contributed by atoms with Gasteiger partial charge in [0.05, 0.1) is 29.1 Å². The summed E-state index contributed by atoms with van der Waals surface area (Å²) in [5.74, 6) is 0.556. The molecule has 1 aromatic heterocycles. The van der Waals surface area contributed by atoms with Crippen LogP contribution in [0.1, 0.15) is 12.6 Å². The fraction of sp³-hybridized carbons (Fsp3) is 0.100. The van der Waals surface area contributed by atoms with Gasteiger partial charge in [0.15, 0.2) is 0 Å². The number of nitrogens with one attached hydrogen (secondary N) is 2. The van der Waals surface area contributed by atoms with E-state index >= 15 is 0 Å². The number of methoxy groups -OCH3 is 1. The molecule has 0 atom stereocenters. The second-order valence-electron chi connectivity index (χ2n) is 6.30. The fourth-order valence-corrected chi connectivity index (χ4v) is 3.82. The molecule has 1 heterocycles. The molecule has 0 fully saturated rings. The number of nitrogens with zero attached hydrogens (tertiary/aromatic N) is 3. The van der Waals surface area contributed by atoms with E-state index in [4.69, 9.17) is 4.74 Å². The lowest BCUT2D eigenvalue weighted by molar-refractivity contribution is -0.385. The summed E-state index contributed by atoms with van der Waals surface area (Å²) in [5.41, 5.74) is 3.75. The largest absolute Gasteiger partial charge is 0.497 e.